The number of nitrogens with zero attached hydrogens (tertiary/aromatic N) is 2. The lowest BCUT2D eigenvalue weighted by Crippen LogP contribution is -2.43. The number of Topliss-reactive ketones (excluding diaryl/α,β-unsaturated/α-hetero) is 1. The van der Waals surface area contributed by atoms with E-state index in [0.717, 1.165) is 38.5 Å². The number of carboxylic acid groups (broad SMARTS) is 1. The van der Waals surface area contributed by atoms with Crippen molar-refractivity contribution in [2.45, 2.75) is 148 Å². The van der Waals surface area contributed by atoms with Crippen molar-refractivity contribution in [2.75, 3.05) is 20.1 Å². The number of likely N-dealkylation sites (N-methyl/N-ethyl adjacent to an activating group) is 1. The molecule has 0 aromatic heterocycles. The van der Waals surface area contributed by atoms with Crippen LogP contribution in [0.4, 0.5) is 0 Å². The van der Waals surface area contributed by atoms with Gasteiger partial charge in [0.2, 0.25) is 23.6 Å². The van der Waals surface area contributed by atoms with E-state index in [1.807, 2.05) is 6.92 Å². The zero-order valence-corrected chi connectivity index (χ0v) is 27.0. The first kappa shape index (κ1) is 38.2. The van der Waals surface area contributed by atoms with Gasteiger partial charge in [0.05, 0.1) is 0 Å². The lowest BCUT2D eigenvalue weighted by atomic mass is 10.0. The maximum Gasteiger partial charge on any atom is 0.326 e. The molecule has 1 heterocycles. The highest BCUT2D eigenvalue weighted by atomic mass is 16.4. The molecule has 0 aromatic carbocycles. The van der Waals surface area contributed by atoms with E-state index < -0.39 is 12.0 Å². The predicted molar refractivity (Wildman–Crippen MR) is 166 cm³/mol. The van der Waals surface area contributed by atoms with Gasteiger partial charge in [-0.1, -0.05) is 71.1 Å². The Morgan fingerprint density at radius 2 is 1.37 bits per heavy atom. The second-order valence-corrected chi connectivity index (χ2v) is 12.1. The molecule has 10 nitrogen and oxygen atoms in total. The third kappa shape index (κ3) is 16.6. The summed E-state index contributed by atoms with van der Waals surface area (Å²) in [4.78, 5) is 74.3. The molecule has 10 heteroatoms. The van der Waals surface area contributed by atoms with E-state index in [0.29, 0.717) is 45.2 Å². The molecule has 4 amide bonds. The fourth-order valence-electron chi connectivity index (χ4n) is 5.54. The molecule has 2 unspecified atom stereocenters. The molecule has 1 aliphatic rings. The molecule has 1 saturated heterocycles. The first-order chi connectivity index (χ1) is 20.6. The Kier molecular flexibility index (Phi) is 20.2. The topological polar surface area (TPSA) is 141 Å². The number of hydrogen-bond donors (Lipinski definition) is 2. The lowest BCUT2D eigenvalue weighted by molar-refractivity contribution is -0.149. The van der Waals surface area contributed by atoms with Gasteiger partial charge >= 0.3 is 5.97 Å². The third-order valence-corrected chi connectivity index (χ3v) is 8.42. The first-order valence-corrected chi connectivity index (χ1v) is 16.7. The molecule has 2 atom stereocenters. The van der Waals surface area contributed by atoms with Gasteiger partial charge in [0.15, 0.2) is 0 Å². The SMILES string of the molecule is CCC1CC(=O)N(CCCCNC(=O)CCC(C(=O)O)N(C)C(=O)CCCCCCCCCCCCCCC(C)=O)C1=O. The van der Waals surface area contributed by atoms with E-state index in [1.54, 1.807) is 6.92 Å². The molecular weight excluding hydrogens is 550 g/mol. The summed E-state index contributed by atoms with van der Waals surface area (Å²) in [5, 5.41) is 12.4. The van der Waals surface area contributed by atoms with Gasteiger partial charge in [0, 0.05) is 51.7 Å². The monoisotopic (exact) mass is 607 g/mol. The number of imide groups is 1. The zero-order valence-electron chi connectivity index (χ0n) is 27.0. The van der Waals surface area contributed by atoms with Gasteiger partial charge < -0.3 is 20.1 Å². The van der Waals surface area contributed by atoms with Crippen LogP contribution in [0.15, 0.2) is 0 Å². The first-order valence-electron chi connectivity index (χ1n) is 16.7. The van der Waals surface area contributed by atoms with Crippen LogP contribution >= 0.6 is 0 Å². The van der Waals surface area contributed by atoms with Gasteiger partial charge in [-0.15, -0.1) is 0 Å². The number of nitrogens with one attached hydrogen (secondary N) is 1. The summed E-state index contributed by atoms with van der Waals surface area (Å²) in [7, 11) is 1.49. The normalized spacial score (nSPS) is 15.5. The third-order valence-electron chi connectivity index (χ3n) is 8.42. The molecule has 0 aliphatic carbocycles. The van der Waals surface area contributed by atoms with Crippen molar-refractivity contribution in [3.05, 3.63) is 0 Å². The molecule has 0 radical (unpaired) electrons. The maximum atomic E-state index is 12.6. The highest BCUT2D eigenvalue weighted by Gasteiger charge is 2.36. The Balaban J connectivity index is 2.11. The average molecular weight is 608 g/mol. The second kappa shape index (κ2) is 22.7. The molecule has 43 heavy (non-hydrogen) atoms. The van der Waals surface area contributed by atoms with Crippen molar-refractivity contribution in [1.82, 2.24) is 15.1 Å². The summed E-state index contributed by atoms with van der Waals surface area (Å²) in [6, 6.07) is -1.05. The van der Waals surface area contributed by atoms with E-state index >= 15 is 0 Å². The molecule has 2 N–H and O–H groups in total. The number of amides is 4. The summed E-state index contributed by atoms with van der Waals surface area (Å²) in [5.41, 5.74) is 0. The smallest absolute Gasteiger partial charge is 0.326 e. The number of likely N-dealkylation sites (tertiary alicyclic amines) is 1. The van der Waals surface area contributed by atoms with Crippen LogP contribution in [0.2, 0.25) is 0 Å². The number of hydrogen-bond acceptors (Lipinski definition) is 6. The number of carbonyl (C=O) groups is 6. The zero-order chi connectivity index (χ0) is 32.0. The fraction of sp³-hybridized carbons (Fsp3) is 0.818. The average Bonchev–Trinajstić information content (AvgIpc) is 3.24. The summed E-state index contributed by atoms with van der Waals surface area (Å²) in [6.07, 6.45) is 16.6. The number of unbranched alkanes of at least 4 members (excludes halogenated alkanes) is 12. The van der Waals surface area contributed by atoms with Gasteiger partial charge in [-0.2, -0.15) is 0 Å². The largest absolute Gasteiger partial charge is 0.480 e. The minimum absolute atomic E-state index is 0.00424. The number of ketones is 1. The van der Waals surface area contributed by atoms with Crippen molar-refractivity contribution >= 4 is 35.4 Å². The van der Waals surface area contributed by atoms with Crippen LogP contribution in [0.3, 0.4) is 0 Å². The van der Waals surface area contributed by atoms with Gasteiger partial charge in [-0.05, 0) is 45.4 Å². The van der Waals surface area contributed by atoms with Crippen LogP contribution in [0.5, 0.6) is 0 Å². The van der Waals surface area contributed by atoms with Crippen molar-refractivity contribution in [2.24, 2.45) is 5.92 Å². The van der Waals surface area contributed by atoms with Crippen molar-refractivity contribution in [1.29, 1.82) is 0 Å². The molecule has 246 valence electrons. The van der Waals surface area contributed by atoms with E-state index in [2.05, 4.69) is 5.32 Å². The quantitative estimate of drug-likeness (QED) is 0.0989. The Bertz CT molecular complexity index is 892. The molecule has 0 aromatic rings. The van der Waals surface area contributed by atoms with Crippen molar-refractivity contribution in [3.63, 3.8) is 0 Å². The Hall–Kier alpha value is -2.78. The second-order valence-electron chi connectivity index (χ2n) is 12.1. The predicted octanol–water partition coefficient (Wildman–Crippen LogP) is 5.41. The van der Waals surface area contributed by atoms with Gasteiger partial charge in [-0.3, -0.25) is 24.1 Å². The highest BCUT2D eigenvalue weighted by Crippen LogP contribution is 2.22. The summed E-state index contributed by atoms with van der Waals surface area (Å²) >= 11 is 0. The minimum atomic E-state index is -1.12. The van der Waals surface area contributed by atoms with E-state index in [9.17, 15) is 33.9 Å². The number of aliphatic carboxylic acids is 1. The van der Waals surface area contributed by atoms with E-state index in [4.69, 9.17) is 0 Å². The van der Waals surface area contributed by atoms with Crippen LogP contribution in [-0.2, 0) is 28.8 Å². The van der Waals surface area contributed by atoms with E-state index in [1.165, 1.54) is 55.4 Å². The van der Waals surface area contributed by atoms with Gasteiger partial charge in [0.25, 0.3) is 0 Å². The Morgan fingerprint density at radius 1 is 0.837 bits per heavy atom. The number of carbonyl (C=O) groups excluding carboxylic acids is 5. The van der Waals surface area contributed by atoms with E-state index in [-0.39, 0.29) is 54.6 Å². The lowest BCUT2D eigenvalue weighted by Gasteiger charge is -2.25. The Morgan fingerprint density at radius 3 is 1.86 bits per heavy atom. The molecular formula is C33H57N3O7. The molecule has 1 rings (SSSR count). The van der Waals surface area contributed by atoms with Crippen molar-refractivity contribution < 1.29 is 33.9 Å². The fourth-order valence-corrected chi connectivity index (χ4v) is 5.54. The van der Waals surface area contributed by atoms with Crippen LogP contribution in [-0.4, -0.2) is 76.5 Å². The van der Waals surface area contributed by atoms with Crippen molar-refractivity contribution in [3.8, 4) is 0 Å². The Labute approximate surface area is 258 Å². The van der Waals surface area contributed by atoms with Crippen LogP contribution in [0.25, 0.3) is 0 Å². The van der Waals surface area contributed by atoms with Gasteiger partial charge in [0.1, 0.15) is 11.8 Å². The summed E-state index contributed by atoms with van der Waals surface area (Å²) in [6.45, 7) is 4.27. The molecule has 1 aliphatic heterocycles. The summed E-state index contributed by atoms with van der Waals surface area (Å²) < 4.78 is 0. The highest BCUT2D eigenvalue weighted by molar-refractivity contribution is 6.03. The number of carboxylic acids is 1. The molecule has 0 bridgehead atoms. The maximum absolute atomic E-state index is 12.6. The molecule has 1 fully saturated rings. The molecule has 0 saturated carbocycles. The van der Waals surface area contributed by atoms with Crippen LogP contribution in [0, 0.1) is 5.92 Å². The van der Waals surface area contributed by atoms with Gasteiger partial charge in [-0.25, -0.2) is 4.79 Å². The van der Waals surface area contributed by atoms with Crippen LogP contribution in [0.1, 0.15) is 142 Å². The minimum Gasteiger partial charge on any atom is -0.480 e. The summed E-state index contributed by atoms with van der Waals surface area (Å²) in [5.74, 6) is -1.79. The molecule has 0 spiro atoms. The number of rotatable bonds is 26. The van der Waals surface area contributed by atoms with Crippen LogP contribution < -0.4 is 5.32 Å². The standard InChI is InChI=1S/C33H57N3O7/c1-4-27-25-31(40)36(32(27)41)24-18-17-23-34-29(38)22-21-28(33(42)43)35(3)30(39)20-16-14-12-10-8-6-5-7-9-11-13-15-19-26(2)37/h27-28H,4-25H2,1-3H3,(H,34,38)(H,42,43).